The lowest BCUT2D eigenvalue weighted by molar-refractivity contribution is 0.307. The first-order valence-corrected chi connectivity index (χ1v) is 10.1. The number of rotatable bonds is 7. The van der Waals surface area contributed by atoms with Crippen LogP contribution in [0.2, 0.25) is 0 Å². The Morgan fingerprint density at radius 3 is 2.46 bits per heavy atom. The van der Waals surface area contributed by atoms with Crippen molar-refractivity contribution < 1.29 is 4.74 Å². The second-order valence-corrected chi connectivity index (χ2v) is 7.47. The highest BCUT2D eigenvalue weighted by Gasteiger charge is 2.31. The molecule has 1 heterocycles. The highest BCUT2D eigenvalue weighted by Crippen LogP contribution is 2.45. The Balaban J connectivity index is 1.68. The van der Waals surface area contributed by atoms with Crippen molar-refractivity contribution in [3.63, 3.8) is 0 Å². The molecule has 0 saturated heterocycles. The SMILES string of the molecule is CNCCC1c2c(cccc2-c2ccccc2OCc2ccccc2)NC1C. The number of ether oxygens (including phenoxy) is 1. The minimum Gasteiger partial charge on any atom is -0.488 e. The Morgan fingerprint density at radius 2 is 1.64 bits per heavy atom. The number of anilines is 1. The van der Waals surface area contributed by atoms with Crippen LogP contribution in [-0.4, -0.2) is 19.6 Å². The van der Waals surface area contributed by atoms with Crippen LogP contribution in [0, 0.1) is 0 Å². The van der Waals surface area contributed by atoms with Gasteiger partial charge in [0.25, 0.3) is 0 Å². The molecule has 0 bridgehead atoms. The number of para-hydroxylation sites is 1. The number of hydrogen-bond donors (Lipinski definition) is 2. The van der Waals surface area contributed by atoms with E-state index in [2.05, 4.69) is 66.1 Å². The zero-order valence-corrected chi connectivity index (χ0v) is 16.6. The van der Waals surface area contributed by atoms with Crippen LogP contribution in [0.4, 0.5) is 5.69 Å². The highest BCUT2D eigenvalue weighted by molar-refractivity contribution is 5.80. The molecular weight excluding hydrogens is 344 g/mol. The summed E-state index contributed by atoms with van der Waals surface area (Å²) in [6.07, 6.45) is 1.11. The lowest BCUT2D eigenvalue weighted by atomic mass is 9.86. The minimum absolute atomic E-state index is 0.432. The molecule has 28 heavy (non-hydrogen) atoms. The van der Waals surface area contributed by atoms with Crippen molar-refractivity contribution >= 4 is 5.69 Å². The van der Waals surface area contributed by atoms with E-state index in [4.69, 9.17) is 4.74 Å². The summed E-state index contributed by atoms with van der Waals surface area (Å²) < 4.78 is 6.25. The largest absolute Gasteiger partial charge is 0.488 e. The van der Waals surface area contributed by atoms with E-state index in [1.54, 1.807) is 0 Å². The molecule has 1 aliphatic rings. The third-order valence-electron chi connectivity index (χ3n) is 5.58. The van der Waals surface area contributed by atoms with Crippen molar-refractivity contribution in [1.29, 1.82) is 0 Å². The van der Waals surface area contributed by atoms with Gasteiger partial charge in [0.05, 0.1) is 0 Å². The average Bonchev–Trinajstić information content (AvgIpc) is 3.07. The van der Waals surface area contributed by atoms with Crippen LogP contribution in [-0.2, 0) is 6.61 Å². The summed E-state index contributed by atoms with van der Waals surface area (Å²) in [7, 11) is 2.02. The van der Waals surface area contributed by atoms with Gasteiger partial charge < -0.3 is 15.4 Å². The quantitative estimate of drug-likeness (QED) is 0.579. The van der Waals surface area contributed by atoms with Gasteiger partial charge in [-0.2, -0.15) is 0 Å². The van der Waals surface area contributed by atoms with Crippen LogP contribution in [0.5, 0.6) is 5.75 Å². The molecule has 0 saturated carbocycles. The van der Waals surface area contributed by atoms with Crippen molar-refractivity contribution in [2.75, 3.05) is 18.9 Å². The molecule has 4 rings (SSSR count). The Labute approximate surface area is 167 Å². The van der Waals surface area contributed by atoms with E-state index in [0.29, 0.717) is 18.6 Å². The average molecular weight is 373 g/mol. The van der Waals surface area contributed by atoms with E-state index in [1.165, 1.54) is 27.9 Å². The van der Waals surface area contributed by atoms with Gasteiger partial charge in [-0.3, -0.25) is 0 Å². The highest BCUT2D eigenvalue weighted by atomic mass is 16.5. The number of fused-ring (bicyclic) bond motifs is 1. The van der Waals surface area contributed by atoms with E-state index in [0.717, 1.165) is 18.7 Å². The van der Waals surface area contributed by atoms with Crippen LogP contribution < -0.4 is 15.4 Å². The maximum Gasteiger partial charge on any atom is 0.127 e. The molecule has 144 valence electrons. The van der Waals surface area contributed by atoms with Crippen LogP contribution >= 0.6 is 0 Å². The van der Waals surface area contributed by atoms with Crippen LogP contribution in [0.25, 0.3) is 11.1 Å². The lowest BCUT2D eigenvalue weighted by Gasteiger charge is -2.20. The Bertz CT molecular complexity index is 923. The van der Waals surface area contributed by atoms with Gasteiger partial charge in [-0.15, -0.1) is 0 Å². The molecule has 2 N–H and O–H groups in total. The fourth-order valence-corrected chi connectivity index (χ4v) is 4.17. The summed E-state index contributed by atoms with van der Waals surface area (Å²) in [5, 5.41) is 6.98. The third-order valence-corrected chi connectivity index (χ3v) is 5.58. The molecule has 2 atom stereocenters. The smallest absolute Gasteiger partial charge is 0.127 e. The normalized spacial score (nSPS) is 17.8. The Kier molecular flexibility index (Phi) is 5.63. The molecule has 0 amide bonds. The summed E-state index contributed by atoms with van der Waals surface area (Å²) in [4.78, 5) is 0. The molecule has 0 spiro atoms. The fourth-order valence-electron chi connectivity index (χ4n) is 4.17. The van der Waals surface area contributed by atoms with Crippen molar-refractivity contribution in [3.8, 4) is 16.9 Å². The fraction of sp³-hybridized carbons (Fsp3) is 0.280. The molecule has 1 aliphatic heterocycles. The molecule has 0 aliphatic carbocycles. The third kappa shape index (κ3) is 3.76. The van der Waals surface area contributed by atoms with E-state index < -0.39 is 0 Å². The van der Waals surface area contributed by atoms with Gasteiger partial charge >= 0.3 is 0 Å². The maximum absolute atomic E-state index is 6.25. The van der Waals surface area contributed by atoms with Gasteiger partial charge in [-0.25, -0.2) is 0 Å². The van der Waals surface area contributed by atoms with Gasteiger partial charge in [0.15, 0.2) is 0 Å². The second-order valence-electron chi connectivity index (χ2n) is 7.47. The predicted molar refractivity (Wildman–Crippen MR) is 117 cm³/mol. The first-order chi connectivity index (χ1) is 13.8. The van der Waals surface area contributed by atoms with Gasteiger partial charge in [0.1, 0.15) is 12.4 Å². The molecule has 3 aromatic carbocycles. The molecular formula is C25H28N2O. The van der Waals surface area contributed by atoms with E-state index in [-0.39, 0.29) is 0 Å². The molecule has 3 heteroatoms. The summed E-state index contributed by atoms with van der Waals surface area (Å²) in [5.41, 5.74) is 6.29. The standard InChI is InChI=1S/C25H28N2O/c1-18-20(15-16-26-2)25-22(12-8-13-23(25)27-18)21-11-6-7-14-24(21)28-17-19-9-4-3-5-10-19/h3-14,18,20,26-27H,15-17H2,1-2H3. The van der Waals surface area contributed by atoms with E-state index in [1.807, 2.05) is 31.3 Å². The van der Waals surface area contributed by atoms with Crippen LogP contribution in [0.15, 0.2) is 72.8 Å². The Morgan fingerprint density at radius 1 is 0.893 bits per heavy atom. The van der Waals surface area contributed by atoms with Gasteiger partial charge in [0.2, 0.25) is 0 Å². The monoisotopic (exact) mass is 372 g/mol. The maximum atomic E-state index is 6.25. The summed E-state index contributed by atoms with van der Waals surface area (Å²) >= 11 is 0. The first kappa shape index (κ1) is 18.6. The molecule has 0 aromatic heterocycles. The minimum atomic E-state index is 0.432. The topological polar surface area (TPSA) is 33.3 Å². The summed E-state index contributed by atoms with van der Waals surface area (Å²) in [5.74, 6) is 1.42. The molecule has 2 unspecified atom stereocenters. The number of benzene rings is 3. The van der Waals surface area contributed by atoms with Gasteiger partial charge in [0, 0.05) is 23.2 Å². The van der Waals surface area contributed by atoms with Crippen molar-refractivity contribution in [2.45, 2.75) is 31.9 Å². The number of nitrogens with one attached hydrogen (secondary N) is 2. The zero-order valence-electron chi connectivity index (χ0n) is 16.6. The van der Waals surface area contributed by atoms with Gasteiger partial charge in [-0.1, -0.05) is 60.7 Å². The summed E-state index contributed by atoms with van der Waals surface area (Å²) in [6.45, 7) is 3.86. The summed E-state index contributed by atoms with van der Waals surface area (Å²) in [6, 6.07) is 25.7. The van der Waals surface area contributed by atoms with Crippen molar-refractivity contribution in [2.24, 2.45) is 0 Å². The Hall–Kier alpha value is -2.78. The molecule has 3 aromatic rings. The second kappa shape index (κ2) is 8.49. The lowest BCUT2D eigenvalue weighted by Crippen LogP contribution is -2.20. The van der Waals surface area contributed by atoms with Crippen LogP contribution in [0.1, 0.15) is 30.4 Å². The van der Waals surface area contributed by atoms with Crippen LogP contribution in [0.3, 0.4) is 0 Å². The van der Waals surface area contributed by atoms with Crippen molar-refractivity contribution in [3.05, 3.63) is 83.9 Å². The molecule has 0 radical (unpaired) electrons. The first-order valence-electron chi connectivity index (χ1n) is 10.1. The predicted octanol–water partition coefficient (Wildman–Crippen LogP) is 5.44. The molecule has 0 fully saturated rings. The van der Waals surface area contributed by atoms with E-state index >= 15 is 0 Å². The van der Waals surface area contributed by atoms with Crippen molar-refractivity contribution in [1.82, 2.24) is 5.32 Å². The number of hydrogen-bond acceptors (Lipinski definition) is 3. The van der Waals surface area contributed by atoms with E-state index in [9.17, 15) is 0 Å². The zero-order chi connectivity index (χ0) is 19.3. The van der Waals surface area contributed by atoms with Gasteiger partial charge in [-0.05, 0) is 55.8 Å². The molecule has 3 nitrogen and oxygen atoms in total.